The van der Waals surface area contributed by atoms with Crippen molar-refractivity contribution in [1.29, 1.82) is 0 Å². The van der Waals surface area contributed by atoms with Crippen molar-refractivity contribution in [3.05, 3.63) is 46.8 Å². The van der Waals surface area contributed by atoms with Gasteiger partial charge in [-0.25, -0.2) is 4.79 Å². The second kappa shape index (κ2) is 6.28. The van der Waals surface area contributed by atoms with Crippen LogP contribution in [0.25, 0.3) is 0 Å². The van der Waals surface area contributed by atoms with Crippen LogP contribution >= 0.6 is 11.3 Å². The van der Waals surface area contributed by atoms with Gasteiger partial charge in [0.15, 0.2) is 4.21 Å². The first-order chi connectivity index (χ1) is 9.92. The van der Waals surface area contributed by atoms with Gasteiger partial charge in [0, 0.05) is 4.88 Å². The third-order valence-electron chi connectivity index (χ3n) is 2.53. The Balaban J connectivity index is 2.15. The molecule has 1 aromatic heterocycles. The highest BCUT2D eigenvalue weighted by atomic mass is 32.3. The largest absolute Gasteiger partial charge is 0.462 e. The topological polar surface area (TPSA) is 69.7 Å². The number of benzene rings is 1. The van der Waals surface area contributed by atoms with Crippen LogP contribution in [0.4, 0.5) is 0 Å². The van der Waals surface area contributed by atoms with Gasteiger partial charge in [0.1, 0.15) is 5.75 Å². The summed E-state index contributed by atoms with van der Waals surface area (Å²) in [6.07, 6.45) is 0. The summed E-state index contributed by atoms with van der Waals surface area (Å²) in [5, 5.41) is 0. The van der Waals surface area contributed by atoms with Crippen molar-refractivity contribution >= 4 is 27.4 Å². The molecule has 5 nitrogen and oxygen atoms in total. The average Bonchev–Trinajstić information content (AvgIpc) is 2.87. The van der Waals surface area contributed by atoms with Crippen LogP contribution in [0.2, 0.25) is 0 Å². The smallest absolute Gasteiger partial charge is 0.348 e. The second-order valence-corrected chi connectivity index (χ2v) is 7.21. The lowest BCUT2D eigenvalue weighted by Gasteiger charge is -2.06. The molecule has 0 saturated carbocycles. The highest BCUT2D eigenvalue weighted by molar-refractivity contribution is 7.89. The Morgan fingerprint density at radius 3 is 2.33 bits per heavy atom. The van der Waals surface area contributed by atoms with Crippen molar-refractivity contribution in [2.45, 2.75) is 18.1 Å². The monoisotopic (exact) mass is 326 g/mol. The molecule has 7 heteroatoms. The number of hydrogen-bond donors (Lipinski definition) is 0. The Hall–Kier alpha value is -1.86. The molecule has 21 heavy (non-hydrogen) atoms. The zero-order valence-electron chi connectivity index (χ0n) is 11.5. The van der Waals surface area contributed by atoms with Crippen molar-refractivity contribution in [1.82, 2.24) is 0 Å². The maximum Gasteiger partial charge on any atom is 0.348 e. The molecule has 1 aromatic carbocycles. The van der Waals surface area contributed by atoms with Crippen molar-refractivity contribution in [3.63, 3.8) is 0 Å². The van der Waals surface area contributed by atoms with Crippen LogP contribution in [0, 0.1) is 6.92 Å². The molecule has 0 fully saturated rings. The normalized spacial score (nSPS) is 11.1. The number of hydrogen-bond acceptors (Lipinski definition) is 6. The molecule has 0 amide bonds. The molecule has 0 bridgehead atoms. The third kappa shape index (κ3) is 3.83. The molecular weight excluding hydrogens is 312 g/mol. The number of carbonyl (C=O) groups is 1. The van der Waals surface area contributed by atoms with E-state index in [0.29, 0.717) is 5.56 Å². The predicted molar refractivity (Wildman–Crippen MR) is 79.3 cm³/mol. The van der Waals surface area contributed by atoms with Crippen LogP contribution in [0.15, 0.2) is 40.6 Å². The second-order valence-electron chi connectivity index (χ2n) is 4.15. The van der Waals surface area contributed by atoms with E-state index in [2.05, 4.69) is 0 Å². The van der Waals surface area contributed by atoms with Gasteiger partial charge in [-0.2, -0.15) is 8.42 Å². The van der Waals surface area contributed by atoms with Crippen LogP contribution in [-0.2, 0) is 14.9 Å². The Kier molecular flexibility index (Phi) is 4.64. The fourth-order valence-electron chi connectivity index (χ4n) is 1.58. The van der Waals surface area contributed by atoms with Gasteiger partial charge in [-0.1, -0.05) is 0 Å². The van der Waals surface area contributed by atoms with Crippen LogP contribution in [0.5, 0.6) is 5.75 Å². The lowest BCUT2D eigenvalue weighted by Crippen LogP contribution is -2.08. The third-order valence-corrected chi connectivity index (χ3v) is 5.23. The molecule has 0 spiro atoms. The van der Waals surface area contributed by atoms with Crippen LogP contribution in [-0.4, -0.2) is 21.0 Å². The Labute approximate surface area is 127 Å². The molecule has 0 aliphatic carbocycles. The fourth-order valence-corrected chi connectivity index (χ4v) is 3.75. The van der Waals surface area contributed by atoms with Gasteiger partial charge < -0.3 is 8.92 Å². The SMILES string of the molecule is CCOC(=O)c1ccc(OS(=O)(=O)c2ccc(C)s2)cc1. The first-order valence-electron chi connectivity index (χ1n) is 6.20. The standard InChI is InChI=1S/C14H14O5S2/c1-3-18-14(15)11-5-7-12(8-6-11)19-21(16,17)13-9-4-10(2)20-13/h4-9H,3H2,1-2H3. The van der Waals surface area contributed by atoms with Gasteiger partial charge >= 0.3 is 16.1 Å². The molecule has 0 radical (unpaired) electrons. The average molecular weight is 326 g/mol. The lowest BCUT2D eigenvalue weighted by molar-refractivity contribution is 0.0526. The van der Waals surface area contributed by atoms with E-state index < -0.39 is 16.1 Å². The highest BCUT2D eigenvalue weighted by Gasteiger charge is 2.19. The van der Waals surface area contributed by atoms with Gasteiger partial charge in [-0.3, -0.25) is 0 Å². The zero-order valence-corrected chi connectivity index (χ0v) is 13.2. The van der Waals surface area contributed by atoms with E-state index in [0.717, 1.165) is 16.2 Å². The van der Waals surface area contributed by atoms with Crippen molar-refractivity contribution in [3.8, 4) is 5.75 Å². The zero-order chi connectivity index (χ0) is 15.5. The minimum absolute atomic E-state index is 0.147. The Bertz CT molecular complexity index is 729. The molecule has 0 aliphatic rings. The number of aryl methyl sites for hydroxylation is 1. The molecule has 0 unspecified atom stereocenters. The minimum Gasteiger partial charge on any atom is -0.462 e. The summed E-state index contributed by atoms with van der Waals surface area (Å²) in [7, 11) is -3.83. The van der Waals surface area contributed by atoms with Crippen LogP contribution in [0.3, 0.4) is 0 Å². The van der Waals surface area contributed by atoms with E-state index in [1.165, 1.54) is 30.3 Å². The predicted octanol–water partition coefficient (Wildman–Crippen LogP) is 3.00. The molecule has 0 aliphatic heterocycles. The molecule has 2 rings (SSSR count). The molecule has 0 N–H and O–H groups in total. The van der Waals surface area contributed by atoms with E-state index in [1.54, 1.807) is 13.0 Å². The summed E-state index contributed by atoms with van der Waals surface area (Å²) < 4.78 is 34.1. The number of esters is 1. The first kappa shape index (κ1) is 15.5. The minimum atomic E-state index is -3.83. The first-order valence-corrected chi connectivity index (χ1v) is 8.43. The summed E-state index contributed by atoms with van der Waals surface area (Å²) in [6.45, 7) is 3.81. The molecular formula is C14H14O5S2. The van der Waals surface area contributed by atoms with E-state index in [9.17, 15) is 13.2 Å². The highest BCUT2D eigenvalue weighted by Crippen LogP contribution is 2.25. The van der Waals surface area contributed by atoms with E-state index in [-0.39, 0.29) is 16.6 Å². The maximum absolute atomic E-state index is 12.0. The van der Waals surface area contributed by atoms with E-state index in [1.807, 2.05) is 6.92 Å². The maximum atomic E-state index is 12.0. The van der Waals surface area contributed by atoms with Gasteiger partial charge in [0.05, 0.1) is 12.2 Å². The summed E-state index contributed by atoms with van der Waals surface area (Å²) in [5.74, 6) is -0.310. The molecule has 1 heterocycles. The van der Waals surface area contributed by atoms with Crippen molar-refractivity contribution in [2.24, 2.45) is 0 Å². The quantitative estimate of drug-likeness (QED) is 0.624. The summed E-state index contributed by atoms with van der Waals surface area (Å²) in [6, 6.07) is 8.98. The van der Waals surface area contributed by atoms with E-state index in [4.69, 9.17) is 8.92 Å². The number of carbonyl (C=O) groups excluding carboxylic acids is 1. The number of ether oxygens (including phenoxy) is 1. The van der Waals surface area contributed by atoms with Gasteiger partial charge in [-0.15, -0.1) is 11.3 Å². The van der Waals surface area contributed by atoms with E-state index >= 15 is 0 Å². The van der Waals surface area contributed by atoms with Gasteiger partial charge in [0.25, 0.3) is 0 Å². The summed E-state index contributed by atoms with van der Waals surface area (Å²) in [5.41, 5.74) is 0.341. The Morgan fingerprint density at radius 1 is 1.14 bits per heavy atom. The van der Waals surface area contributed by atoms with Crippen LogP contribution in [0.1, 0.15) is 22.2 Å². The lowest BCUT2D eigenvalue weighted by atomic mass is 10.2. The van der Waals surface area contributed by atoms with Gasteiger partial charge in [0.2, 0.25) is 0 Å². The number of thiophene rings is 1. The van der Waals surface area contributed by atoms with Gasteiger partial charge in [-0.05, 0) is 50.2 Å². The Morgan fingerprint density at radius 2 is 1.81 bits per heavy atom. The van der Waals surface area contributed by atoms with Crippen LogP contribution < -0.4 is 4.18 Å². The fraction of sp³-hybridized carbons (Fsp3) is 0.214. The molecule has 2 aromatic rings. The summed E-state index contributed by atoms with van der Waals surface area (Å²) in [4.78, 5) is 12.4. The molecule has 0 saturated heterocycles. The van der Waals surface area contributed by atoms with Crippen molar-refractivity contribution < 1.29 is 22.1 Å². The molecule has 112 valence electrons. The number of rotatable bonds is 5. The molecule has 0 atom stereocenters. The van der Waals surface area contributed by atoms with Crippen molar-refractivity contribution in [2.75, 3.05) is 6.61 Å². The summed E-state index contributed by atoms with van der Waals surface area (Å²) >= 11 is 1.14.